The van der Waals surface area contributed by atoms with E-state index in [9.17, 15) is 4.79 Å². The Labute approximate surface area is 129 Å². The Kier molecular flexibility index (Phi) is 4.91. The molecule has 0 saturated carbocycles. The Balaban J connectivity index is 1.88. The molecule has 1 amide bonds. The van der Waals surface area contributed by atoms with Crippen LogP contribution in [0, 0.1) is 0 Å². The summed E-state index contributed by atoms with van der Waals surface area (Å²) >= 11 is 1.58. The summed E-state index contributed by atoms with van der Waals surface area (Å²) in [5.74, 6) is -0.105. The SMILES string of the molecule is CC(C)(C)c1ccc(CC(=O)NN=Cc2cccs2)cc1. The van der Waals surface area contributed by atoms with Crippen LogP contribution in [0.1, 0.15) is 36.8 Å². The van der Waals surface area contributed by atoms with Gasteiger partial charge in [0.15, 0.2) is 0 Å². The van der Waals surface area contributed by atoms with Crippen molar-refractivity contribution >= 4 is 23.5 Å². The number of nitrogens with one attached hydrogen (secondary N) is 1. The summed E-state index contributed by atoms with van der Waals surface area (Å²) in [6, 6.07) is 12.1. The number of carbonyl (C=O) groups is 1. The molecule has 21 heavy (non-hydrogen) atoms. The van der Waals surface area contributed by atoms with Crippen molar-refractivity contribution in [1.29, 1.82) is 0 Å². The molecule has 0 aliphatic carbocycles. The second-order valence-corrected chi connectivity index (χ2v) is 6.91. The molecule has 2 aromatic rings. The van der Waals surface area contributed by atoms with Crippen LogP contribution in [0.15, 0.2) is 46.9 Å². The van der Waals surface area contributed by atoms with E-state index in [-0.39, 0.29) is 11.3 Å². The maximum absolute atomic E-state index is 11.8. The first-order valence-electron chi connectivity index (χ1n) is 6.90. The lowest BCUT2D eigenvalue weighted by Gasteiger charge is -2.19. The molecule has 110 valence electrons. The molecule has 1 N–H and O–H groups in total. The van der Waals surface area contributed by atoms with Crippen LogP contribution in [-0.4, -0.2) is 12.1 Å². The highest BCUT2D eigenvalue weighted by atomic mass is 32.1. The van der Waals surface area contributed by atoms with Gasteiger partial charge in [0.1, 0.15) is 0 Å². The lowest BCUT2D eigenvalue weighted by atomic mass is 9.86. The normalized spacial score (nSPS) is 11.8. The molecule has 0 atom stereocenters. The molecule has 4 heteroatoms. The van der Waals surface area contributed by atoms with E-state index in [1.807, 2.05) is 29.6 Å². The van der Waals surface area contributed by atoms with E-state index in [1.54, 1.807) is 17.6 Å². The van der Waals surface area contributed by atoms with Gasteiger partial charge in [-0.25, -0.2) is 5.43 Å². The van der Waals surface area contributed by atoms with Gasteiger partial charge in [0.2, 0.25) is 5.91 Å². The third kappa shape index (κ3) is 4.83. The molecular weight excluding hydrogens is 280 g/mol. The summed E-state index contributed by atoms with van der Waals surface area (Å²) in [6.45, 7) is 6.52. The average molecular weight is 300 g/mol. The van der Waals surface area contributed by atoms with Crippen LogP contribution in [0.3, 0.4) is 0 Å². The molecule has 2 rings (SSSR count). The number of thiophene rings is 1. The topological polar surface area (TPSA) is 41.5 Å². The molecule has 0 radical (unpaired) electrons. The highest BCUT2D eigenvalue weighted by Crippen LogP contribution is 2.22. The Morgan fingerprint density at radius 3 is 2.52 bits per heavy atom. The Morgan fingerprint density at radius 2 is 1.95 bits per heavy atom. The van der Waals surface area contributed by atoms with Crippen molar-refractivity contribution < 1.29 is 4.79 Å². The minimum atomic E-state index is -0.105. The van der Waals surface area contributed by atoms with Gasteiger partial charge in [-0.2, -0.15) is 5.10 Å². The van der Waals surface area contributed by atoms with E-state index in [4.69, 9.17) is 0 Å². The maximum Gasteiger partial charge on any atom is 0.244 e. The van der Waals surface area contributed by atoms with Crippen LogP contribution >= 0.6 is 11.3 Å². The van der Waals surface area contributed by atoms with E-state index in [0.717, 1.165) is 10.4 Å². The fourth-order valence-corrected chi connectivity index (χ4v) is 2.47. The maximum atomic E-state index is 11.8. The fraction of sp³-hybridized carbons (Fsp3) is 0.294. The Hall–Kier alpha value is -1.94. The highest BCUT2D eigenvalue weighted by molar-refractivity contribution is 7.11. The van der Waals surface area contributed by atoms with E-state index >= 15 is 0 Å². The van der Waals surface area contributed by atoms with Crippen molar-refractivity contribution in [2.24, 2.45) is 5.10 Å². The van der Waals surface area contributed by atoms with Crippen LogP contribution in [0.4, 0.5) is 0 Å². The molecular formula is C17H20N2OS. The molecule has 0 bridgehead atoms. The van der Waals surface area contributed by atoms with Gasteiger partial charge < -0.3 is 0 Å². The third-order valence-electron chi connectivity index (χ3n) is 3.11. The predicted molar refractivity (Wildman–Crippen MR) is 88.9 cm³/mol. The van der Waals surface area contributed by atoms with Crippen molar-refractivity contribution in [3.63, 3.8) is 0 Å². The highest BCUT2D eigenvalue weighted by Gasteiger charge is 2.13. The minimum absolute atomic E-state index is 0.105. The second kappa shape index (κ2) is 6.68. The summed E-state index contributed by atoms with van der Waals surface area (Å²) in [6.07, 6.45) is 2.00. The lowest BCUT2D eigenvalue weighted by molar-refractivity contribution is -0.120. The Morgan fingerprint density at radius 1 is 1.24 bits per heavy atom. The van der Waals surface area contributed by atoms with Gasteiger partial charge in [0, 0.05) is 4.88 Å². The van der Waals surface area contributed by atoms with Crippen LogP contribution in [0.2, 0.25) is 0 Å². The van der Waals surface area contributed by atoms with Gasteiger partial charge in [0.25, 0.3) is 0 Å². The van der Waals surface area contributed by atoms with Gasteiger partial charge in [-0.1, -0.05) is 51.1 Å². The lowest BCUT2D eigenvalue weighted by Crippen LogP contribution is -2.19. The average Bonchev–Trinajstić information content (AvgIpc) is 2.91. The first kappa shape index (κ1) is 15.4. The smallest absolute Gasteiger partial charge is 0.244 e. The van der Waals surface area contributed by atoms with Gasteiger partial charge >= 0.3 is 0 Å². The zero-order chi connectivity index (χ0) is 15.3. The molecule has 0 fully saturated rings. The summed E-state index contributed by atoms with van der Waals surface area (Å²) < 4.78 is 0. The van der Waals surface area contributed by atoms with E-state index in [0.29, 0.717) is 6.42 Å². The monoisotopic (exact) mass is 300 g/mol. The number of hydrogen-bond acceptors (Lipinski definition) is 3. The number of hydrogen-bond donors (Lipinski definition) is 1. The van der Waals surface area contributed by atoms with Crippen molar-refractivity contribution in [3.8, 4) is 0 Å². The number of benzene rings is 1. The summed E-state index contributed by atoms with van der Waals surface area (Å²) in [7, 11) is 0. The number of amides is 1. The van der Waals surface area contributed by atoms with Gasteiger partial charge in [0.05, 0.1) is 12.6 Å². The molecule has 1 aromatic carbocycles. The number of carbonyl (C=O) groups excluding carboxylic acids is 1. The molecule has 0 unspecified atom stereocenters. The zero-order valence-electron chi connectivity index (χ0n) is 12.6. The van der Waals surface area contributed by atoms with Gasteiger partial charge in [-0.05, 0) is 28.0 Å². The molecule has 0 spiro atoms. The second-order valence-electron chi connectivity index (χ2n) is 5.93. The van der Waals surface area contributed by atoms with E-state index in [1.165, 1.54) is 5.56 Å². The fourth-order valence-electron chi connectivity index (χ4n) is 1.88. The van der Waals surface area contributed by atoms with Gasteiger partial charge in [-0.15, -0.1) is 11.3 Å². The number of rotatable bonds is 4. The van der Waals surface area contributed by atoms with Crippen LogP contribution in [-0.2, 0) is 16.6 Å². The number of hydrazone groups is 1. The van der Waals surface area contributed by atoms with Crippen LogP contribution in [0.5, 0.6) is 0 Å². The van der Waals surface area contributed by atoms with Crippen molar-refractivity contribution in [2.45, 2.75) is 32.6 Å². The standard InChI is InChI=1S/C17H20N2OS/c1-17(2,3)14-8-6-13(7-9-14)11-16(20)19-18-12-15-5-4-10-21-15/h4-10,12H,11H2,1-3H3,(H,19,20). The van der Waals surface area contributed by atoms with Crippen LogP contribution in [0.25, 0.3) is 0 Å². The summed E-state index contributed by atoms with van der Waals surface area (Å²) in [5.41, 5.74) is 4.94. The summed E-state index contributed by atoms with van der Waals surface area (Å²) in [4.78, 5) is 12.8. The zero-order valence-corrected chi connectivity index (χ0v) is 13.4. The van der Waals surface area contributed by atoms with Crippen molar-refractivity contribution in [3.05, 3.63) is 57.8 Å². The van der Waals surface area contributed by atoms with Crippen LogP contribution < -0.4 is 5.43 Å². The molecule has 0 saturated heterocycles. The number of nitrogens with zero attached hydrogens (tertiary/aromatic N) is 1. The minimum Gasteiger partial charge on any atom is -0.273 e. The van der Waals surface area contributed by atoms with Gasteiger partial charge in [-0.3, -0.25) is 4.79 Å². The van der Waals surface area contributed by atoms with Crippen molar-refractivity contribution in [1.82, 2.24) is 5.43 Å². The molecule has 1 heterocycles. The molecule has 1 aromatic heterocycles. The van der Waals surface area contributed by atoms with E-state index in [2.05, 4.69) is 43.4 Å². The van der Waals surface area contributed by atoms with Crippen molar-refractivity contribution in [2.75, 3.05) is 0 Å². The third-order valence-corrected chi connectivity index (χ3v) is 3.92. The Bertz CT molecular complexity index is 607. The molecule has 0 aliphatic heterocycles. The largest absolute Gasteiger partial charge is 0.273 e. The van der Waals surface area contributed by atoms with E-state index < -0.39 is 0 Å². The predicted octanol–water partition coefficient (Wildman–Crippen LogP) is 3.74. The first-order chi connectivity index (χ1) is 9.95. The summed E-state index contributed by atoms with van der Waals surface area (Å²) in [5, 5.41) is 5.92. The molecule has 0 aliphatic rings. The first-order valence-corrected chi connectivity index (χ1v) is 7.78. The quantitative estimate of drug-likeness (QED) is 0.678. The molecule has 3 nitrogen and oxygen atoms in total.